The molecule has 0 aliphatic heterocycles. The highest BCUT2D eigenvalue weighted by atomic mass is 16.5. The molecule has 0 unspecified atom stereocenters. The van der Waals surface area contributed by atoms with Gasteiger partial charge < -0.3 is 30.7 Å². The first kappa shape index (κ1) is 26.2. The normalized spacial score (nSPS) is 10.4. The number of nitrogens with one attached hydrogen (secondary N) is 4. The van der Waals surface area contributed by atoms with E-state index in [4.69, 9.17) is 9.47 Å². The van der Waals surface area contributed by atoms with Gasteiger partial charge in [-0.3, -0.25) is 4.79 Å². The highest BCUT2D eigenvalue weighted by molar-refractivity contribution is 5.93. The second kappa shape index (κ2) is 12.9. The molecule has 0 fully saturated rings. The molecule has 0 bridgehead atoms. The number of carbonyl (C=O) groups excluding carboxylic acids is 1. The molecule has 4 aromatic rings. The molecule has 0 atom stereocenters. The average molecular weight is 514 g/mol. The van der Waals surface area contributed by atoms with Crippen LogP contribution >= 0.6 is 0 Å². The van der Waals surface area contributed by atoms with Gasteiger partial charge in [-0.25, -0.2) is 0 Å². The fourth-order valence-electron chi connectivity index (χ4n) is 3.51. The summed E-state index contributed by atoms with van der Waals surface area (Å²) in [6.07, 6.45) is 0. The van der Waals surface area contributed by atoms with Gasteiger partial charge in [0.2, 0.25) is 23.8 Å². The van der Waals surface area contributed by atoms with Crippen molar-refractivity contribution in [3.05, 3.63) is 78.4 Å². The molecular formula is C28H31N7O3. The Bertz CT molecular complexity index is 1280. The lowest BCUT2D eigenvalue weighted by Gasteiger charge is -2.12. The number of benzene rings is 3. The molecule has 0 saturated carbocycles. The van der Waals surface area contributed by atoms with Gasteiger partial charge in [-0.1, -0.05) is 12.1 Å². The Morgan fingerprint density at radius 1 is 0.711 bits per heavy atom. The maximum atomic E-state index is 12.5. The summed E-state index contributed by atoms with van der Waals surface area (Å²) < 4.78 is 11.0. The standard InChI is InChI=1S/C28H31N7O3/c1-4-37-23-13-9-20(10-14-23)31-27-33-26(29-18-25(36)30-22-8-6-7-19(3)17-22)34-28(35-27)32-21-11-15-24(16-12-21)38-5-2/h6-17H,4-5,18H2,1-3H3,(H,30,36)(H3,29,31,32,33,34,35). The number of carbonyl (C=O) groups is 1. The minimum absolute atomic E-state index is 0.0249. The van der Waals surface area contributed by atoms with Crippen molar-refractivity contribution in [2.24, 2.45) is 0 Å². The lowest BCUT2D eigenvalue weighted by atomic mass is 10.2. The van der Waals surface area contributed by atoms with Gasteiger partial charge in [0.05, 0.1) is 19.8 Å². The van der Waals surface area contributed by atoms with Gasteiger partial charge in [-0.15, -0.1) is 0 Å². The number of amides is 1. The summed E-state index contributed by atoms with van der Waals surface area (Å²) in [4.78, 5) is 25.9. The summed E-state index contributed by atoms with van der Waals surface area (Å²) in [5.41, 5.74) is 3.33. The van der Waals surface area contributed by atoms with Gasteiger partial charge in [0.1, 0.15) is 11.5 Å². The number of rotatable bonds is 12. The lowest BCUT2D eigenvalue weighted by molar-refractivity contribution is -0.114. The van der Waals surface area contributed by atoms with E-state index < -0.39 is 0 Å². The van der Waals surface area contributed by atoms with Crippen LogP contribution in [0, 0.1) is 6.92 Å². The van der Waals surface area contributed by atoms with Crippen molar-refractivity contribution in [1.82, 2.24) is 15.0 Å². The number of hydrogen-bond donors (Lipinski definition) is 4. The molecule has 1 amide bonds. The molecule has 0 saturated heterocycles. The molecular weight excluding hydrogens is 482 g/mol. The molecule has 0 aliphatic rings. The van der Waals surface area contributed by atoms with Crippen molar-refractivity contribution >= 4 is 40.8 Å². The Morgan fingerprint density at radius 3 is 1.74 bits per heavy atom. The quantitative estimate of drug-likeness (QED) is 0.194. The average Bonchev–Trinajstić information content (AvgIpc) is 2.90. The third-order valence-corrected chi connectivity index (χ3v) is 5.19. The highest BCUT2D eigenvalue weighted by Crippen LogP contribution is 2.22. The zero-order chi connectivity index (χ0) is 26.7. The predicted octanol–water partition coefficient (Wildman–Crippen LogP) is 5.52. The third kappa shape index (κ3) is 7.82. The summed E-state index contributed by atoms with van der Waals surface area (Å²) >= 11 is 0. The van der Waals surface area contributed by atoms with Gasteiger partial charge in [0.15, 0.2) is 0 Å². The summed E-state index contributed by atoms with van der Waals surface area (Å²) in [5, 5.41) is 12.2. The van der Waals surface area contributed by atoms with Crippen molar-refractivity contribution in [1.29, 1.82) is 0 Å². The van der Waals surface area contributed by atoms with Crippen molar-refractivity contribution in [2.75, 3.05) is 41.0 Å². The van der Waals surface area contributed by atoms with Gasteiger partial charge in [0, 0.05) is 17.1 Å². The molecule has 10 heteroatoms. The van der Waals surface area contributed by atoms with E-state index in [0.717, 1.165) is 34.1 Å². The zero-order valence-electron chi connectivity index (χ0n) is 21.6. The van der Waals surface area contributed by atoms with Gasteiger partial charge in [-0.05, 0) is 87.0 Å². The smallest absolute Gasteiger partial charge is 0.243 e. The topological polar surface area (TPSA) is 122 Å². The molecule has 196 valence electrons. The Balaban J connectivity index is 1.50. The summed E-state index contributed by atoms with van der Waals surface area (Å²) in [6.45, 7) is 7.00. The van der Waals surface area contributed by atoms with Gasteiger partial charge >= 0.3 is 0 Å². The largest absolute Gasteiger partial charge is 0.494 e. The minimum Gasteiger partial charge on any atom is -0.494 e. The Kier molecular flexibility index (Phi) is 8.90. The number of aryl methyl sites for hydroxylation is 1. The van der Waals surface area contributed by atoms with Crippen LogP contribution in [0.1, 0.15) is 19.4 Å². The molecule has 0 spiro atoms. The van der Waals surface area contributed by atoms with Crippen LogP contribution in [-0.2, 0) is 4.79 Å². The summed E-state index contributed by atoms with van der Waals surface area (Å²) in [5.74, 6) is 2.17. The number of nitrogens with zero attached hydrogens (tertiary/aromatic N) is 3. The van der Waals surface area contributed by atoms with Crippen molar-refractivity contribution < 1.29 is 14.3 Å². The Morgan fingerprint density at radius 2 is 1.24 bits per heavy atom. The van der Waals surface area contributed by atoms with E-state index in [9.17, 15) is 4.79 Å². The first-order valence-electron chi connectivity index (χ1n) is 12.4. The summed E-state index contributed by atoms with van der Waals surface area (Å²) in [6, 6.07) is 22.5. The number of ether oxygens (including phenoxy) is 2. The molecule has 1 heterocycles. The van der Waals surface area contributed by atoms with Crippen LogP contribution in [0.5, 0.6) is 11.5 Å². The van der Waals surface area contributed by atoms with Crippen LogP contribution in [0.3, 0.4) is 0 Å². The van der Waals surface area contributed by atoms with Crippen LogP contribution < -0.4 is 30.7 Å². The SMILES string of the molecule is CCOc1ccc(Nc2nc(NCC(=O)Nc3cccc(C)c3)nc(Nc3ccc(OCC)cc3)n2)cc1. The number of anilines is 6. The van der Waals surface area contributed by atoms with Gasteiger partial charge in [0.25, 0.3) is 0 Å². The minimum atomic E-state index is -0.224. The fourth-order valence-corrected chi connectivity index (χ4v) is 3.51. The lowest BCUT2D eigenvalue weighted by Crippen LogP contribution is -2.23. The van der Waals surface area contributed by atoms with Crippen LogP contribution in [0.15, 0.2) is 72.8 Å². The van der Waals surface area contributed by atoms with Crippen LogP contribution in [-0.4, -0.2) is 40.6 Å². The monoisotopic (exact) mass is 513 g/mol. The van der Waals surface area contributed by atoms with E-state index in [-0.39, 0.29) is 18.4 Å². The van der Waals surface area contributed by atoms with E-state index in [1.807, 2.05) is 93.6 Å². The van der Waals surface area contributed by atoms with E-state index >= 15 is 0 Å². The Hall–Kier alpha value is -4.86. The second-order valence-corrected chi connectivity index (χ2v) is 8.24. The van der Waals surface area contributed by atoms with E-state index in [2.05, 4.69) is 36.2 Å². The maximum absolute atomic E-state index is 12.5. The van der Waals surface area contributed by atoms with Gasteiger partial charge in [-0.2, -0.15) is 15.0 Å². The zero-order valence-corrected chi connectivity index (χ0v) is 21.6. The molecule has 0 aliphatic carbocycles. The maximum Gasteiger partial charge on any atom is 0.243 e. The second-order valence-electron chi connectivity index (χ2n) is 8.24. The fraction of sp³-hybridized carbons (Fsp3) is 0.214. The van der Waals surface area contributed by atoms with E-state index in [1.54, 1.807) is 0 Å². The van der Waals surface area contributed by atoms with Crippen LogP contribution in [0.4, 0.5) is 34.9 Å². The first-order chi connectivity index (χ1) is 18.5. The molecule has 4 N–H and O–H groups in total. The summed E-state index contributed by atoms with van der Waals surface area (Å²) in [7, 11) is 0. The first-order valence-corrected chi connectivity index (χ1v) is 12.4. The molecule has 3 aromatic carbocycles. The molecule has 38 heavy (non-hydrogen) atoms. The van der Waals surface area contributed by atoms with E-state index in [1.165, 1.54) is 0 Å². The van der Waals surface area contributed by atoms with Crippen molar-refractivity contribution in [2.45, 2.75) is 20.8 Å². The van der Waals surface area contributed by atoms with Crippen LogP contribution in [0.25, 0.3) is 0 Å². The van der Waals surface area contributed by atoms with Crippen molar-refractivity contribution in [3.63, 3.8) is 0 Å². The predicted molar refractivity (Wildman–Crippen MR) is 150 cm³/mol. The molecule has 1 aromatic heterocycles. The number of aromatic nitrogens is 3. The third-order valence-electron chi connectivity index (χ3n) is 5.19. The molecule has 0 radical (unpaired) electrons. The van der Waals surface area contributed by atoms with Crippen LogP contribution in [0.2, 0.25) is 0 Å². The van der Waals surface area contributed by atoms with Crippen molar-refractivity contribution in [3.8, 4) is 11.5 Å². The molecule has 4 rings (SSSR count). The molecule has 10 nitrogen and oxygen atoms in total. The van der Waals surface area contributed by atoms with E-state index in [0.29, 0.717) is 25.1 Å². The number of hydrogen-bond acceptors (Lipinski definition) is 9. The Labute approximate surface area is 221 Å². The highest BCUT2D eigenvalue weighted by Gasteiger charge is 2.10.